The van der Waals surface area contributed by atoms with E-state index in [1.165, 1.54) is 0 Å². The van der Waals surface area contributed by atoms with Gasteiger partial charge in [0.1, 0.15) is 11.9 Å². The van der Waals surface area contributed by atoms with Gasteiger partial charge in [0, 0.05) is 13.0 Å². The maximum absolute atomic E-state index is 11.8. The first-order chi connectivity index (χ1) is 8.24. The molecule has 0 aliphatic carbocycles. The van der Waals surface area contributed by atoms with Gasteiger partial charge < -0.3 is 14.7 Å². The van der Waals surface area contributed by atoms with Gasteiger partial charge in [-0.1, -0.05) is 12.1 Å². The van der Waals surface area contributed by atoms with E-state index in [0.29, 0.717) is 6.61 Å². The summed E-state index contributed by atoms with van der Waals surface area (Å²) in [6, 6.07) is 7.42. The average molecular weight is 233 g/mol. The number of hydrogen-bond donors (Lipinski definition) is 1. The molecular formula is C13H15NO3. The zero-order valence-electron chi connectivity index (χ0n) is 9.50. The maximum Gasteiger partial charge on any atom is 0.252 e. The van der Waals surface area contributed by atoms with Gasteiger partial charge in [0.25, 0.3) is 5.91 Å². The van der Waals surface area contributed by atoms with E-state index in [4.69, 9.17) is 4.74 Å². The molecule has 0 spiro atoms. The molecule has 2 fully saturated rings. The van der Waals surface area contributed by atoms with Crippen molar-refractivity contribution in [3.63, 3.8) is 0 Å². The molecule has 2 bridgehead atoms. The third-order valence-electron chi connectivity index (χ3n) is 3.55. The Morgan fingerprint density at radius 3 is 2.76 bits per heavy atom. The minimum Gasteiger partial charge on any atom is -0.508 e. The Kier molecular flexibility index (Phi) is 2.52. The lowest BCUT2D eigenvalue weighted by Crippen LogP contribution is -2.42. The molecule has 1 aromatic carbocycles. The maximum atomic E-state index is 11.8. The van der Waals surface area contributed by atoms with Gasteiger partial charge in [-0.15, -0.1) is 0 Å². The van der Waals surface area contributed by atoms with Crippen LogP contribution >= 0.6 is 0 Å². The predicted octanol–water partition coefficient (Wildman–Crippen LogP) is 0.934. The van der Waals surface area contributed by atoms with Crippen molar-refractivity contribution in [1.82, 2.24) is 4.90 Å². The molecule has 0 saturated carbocycles. The van der Waals surface area contributed by atoms with Crippen LogP contribution in [0.1, 0.15) is 12.0 Å². The lowest BCUT2D eigenvalue weighted by Gasteiger charge is -2.26. The number of ether oxygens (including phenoxy) is 1. The van der Waals surface area contributed by atoms with E-state index in [1.54, 1.807) is 12.1 Å². The lowest BCUT2D eigenvalue weighted by atomic mass is 10.1. The molecule has 2 heterocycles. The Balaban J connectivity index is 1.61. The Labute approximate surface area is 99.8 Å². The van der Waals surface area contributed by atoms with Crippen molar-refractivity contribution in [3.05, 3.63) is 29.8 Å². The highest BCUT2D eigenvalue weighted by Gasteiger charge is 2.45. The molecule has 90 valence electrons. The van der Waals surface area contributed by atoms with Crippen LogP contribution < -0.4 is 0 Å². The fraction of sp³-hybridized carbons (Fsp3) is 0.462. The number of carbonyl (C=O) groups is 1. The monoisotopic (exact) mass is 233 g/mol. The summed E-state index contributed by atoms with van der Waals surface area (Å²) in [5.41, 5.74) is 1.14. The number of likely N-dealkylation sites (tertiary alicyclic amines) is 1. The molecular weight excluding hydrogens is 218 g/mol. The molecule has 2 aliphatic rings. The summed E-state index contributed by atoms with van der Waals surface area (Å²) < 4.78 is 5.34. The van der Waals surface area contributed by atoms with Crippen LogP contribution in [-0.2, 0) is 16.0 Å². The molecule has 1 amide bonds. The van der Waals surface area contributed by atoms with E-state index >= 15 is 0 Å². The van der Waals surface area contributed by atoms with Crippen LogP contribution in [0.15, 0.2) is 24.3 Å². The third kappa shape index (κ3) is 1.89. The molecule has 3 rings (SSSR count). The fourth-order valence-electron chi connectivity index (χ4n) is 2.57. The standard InChI is InChI=1S/C13H15NO3/c15-11-3-1-9(2-4-11)5-6-14-10-7-12(13(14)16)17-8-10/h1-4,10,12,15H,5-8H2. The average Bonchev–Trinajstić information content (AvgIpc) is 2.90. The molecule has 2 atom stereocenters. The first kappa shape index (κ1) is 10.6. The molecule has 4 heteroatoms. The summed E-state index contributed by atoms with van der Waals surface area (Å²) in [5.74, 6) is 0.415. The number of nitrogens with zero attached hydrogens (tertiary/aromatic N) is 1. The number of amides is 1. The topological polar surface area (TPSA) is 49.8 Å². The SMILES string of the molecule is O=C1C2CC(CO2)N1CCc1ccc(O)cc1. The first-order valence-electron chi connectivity index (χ1n) is 5.94. The van der Waals surface area contributed by atoms with E-state index in [0.717, 1.165) is 24.9 Å². The smallest absolute Gasteiger partial charge is 0.252 e. The molecule has 2 aliphatic heterocycles. The van der Waals surface area contributed by atoms with E-state index in [-0.39, 0.29) is 23.8 Å². The van der Waals surface area contributed by atoms with Crippen molar-refractivity contribution in [3.8, 4) is 5.75 Å². The van der Waals surface area contributed by atoms with Gasteiger partial charge >= 0.3 is 0 Å². The van der Waals surface area contributed by atoms with Crippen molar-refractivity contribution in [2.24, 2.45) is 0 Å². The predicted molar refractivity (Wildman–Crippen MR) is 61.7 cm³/mol. The van der Waals surface area contributed by atoms with E-state index in [1.807, 2.05) is 17.0 Å². The zero-order valence-corrected chi connectivity index (χ0v) is 9.50. The summed E-state index contributed by atoms with van der Waals surface area (Å²) in [7, 11) is 0. The second-order valence-corrected chi connectivity index (χ2v) is 4.66. The number of carbonyl (C=O) groups excluding carboxylic acids is 1. The molecule has 1 aromatic rings. The minimum atomic E-state index is -0.181. The van der Waals surface area contributed by atoms with Crippen LogP contribution in [0.2, 0.25) is 0 Å². The normalized spacial score (nSPS) is 26.8. The van der Waals surface area contributed by atoms with Gasteiger partial charge in [0.05, 0.1) is 12.6 Å². The van der Waals surface area contributed by atoms with Crippen LogP contribution in [0.25, 0.3) is 0 Å². The van der Waals surface area contributed by atoms with E-state index in [9.17, 15) is 9.90 Å². The Morgan fingerprint density at radius 2 is 2.12 bits per heavy atom. The van der Waals surface area contributed by atoms with Crippen LogP contribution in [0.5, 0.6) is 5.75 Å². The van der Waals surface area contributed by atoms with Gasteiger partial charge in [-0.2, -0.15) is 0 Å². The molecule has 4 nitrogen and oxygen atoms in total. The minimum absolute atomic E-state index is 0.139. The molecule has 0 aromatic heterocycles. The summed E-state index contributed by atoms with van der Waals surface area (Å²) in [5, 5.41) is 9.18. The van der Waals surface area contributed by atoms with Crippen LogP contribution in [0, 0.1) is 0 Å². The quantitative estimate of drug-likeness (QED) is 0.845. The number of phenolic OH excluding ortho intramolecular Hbond substituents is 1. The Morgan fingerprint density at radius 1 is 1.35 bits per heavy atom. The molecule has 1 N–H and O–H groups in total. The van der Waals surface area contributed by atoms with E-state index < -0.39 is 0 Å². The van der Waals surface area contributed by atoms with Gasteiger partial charge in [-0.3, -0.25) is 4.79 Å². The van der Waals surface area contributed by atoms with Crippen LogP contribution in [0.4, 0.5) is 0 Å². The fourth-order valence-corrected chi connectivity index (χ4v) is 2.57. The summed E-state index contributed by atoms with van der Waals surface area (Å²) in [4.78, 5) is 13.7. The second kappa shape index (κ2) is 4.04. The second-order valence-electron chi connectivity index (χ2n) is 4.66. The number of benzene rings is 1. The zero-order chi connectivity index (χ0) is 11.8. The largest absolute Gasteiger partial charge is 0.508 e. The summed E-state index contributed by atoms with van der Waals surface area (Å²) >= 11 is 0. The number of rotatable bonds is 3. The Bertz CT molecular complexity index is 429. The van der Waals surface area contributed by atoms with Gasteiger partial charge in [-0.05, 0) is 24.1 Å². The highest BCUT2D eigenvalue weighted by atomic mass is 16.5. The van der Waals surface area contributed by atoms with Crippen molar-refractivity contribution in [2.75, 3.05) is 13.2 Å². The van der Waals surface area contributed by atoms with Crippen molar-refractivity contribution in [2.45, 2.75) is 25.0 Å². The molecule has 0 radical (unpaired) electrons. The van der Waals surface area contributed by atoms with Crippen molar-refractivity contribution >= 4 is 5.91 Å². The van der Waals surface area contributed by atoms with Gasteiger partial charge in [0.15, 0.2) is 0 Å². The molecule has 2 unspecified atom stereocenters. The highest BCUT2D eigenvalue weighted by molar-refractivity contribution is 5.84. The highest BCUT2D eigenvalue weighted by Crippen LogP contribution is 2.29. The summed E-state index contributed by atoms with van der Waals surface area (Å²) in [6.07, 6.45) is 1.50. The van der Waals surface area contributed by atoms with Gasteiger partial charge in [0.2, 0.25) is 0 Å². The van der Waals surface area contributed by atoms with Crippen molar-refractivity contribution in [1.29, 1.82) is 0 Å². The Hall–Kier alpha value is -1.55. The number of aromatic hydroxyl groups is 1. The number of morpholine rings is 1. The van der Waals surface area contributed by atoms with E-state index in [2.05, 4.69) is 0 Å². The first-order valence-corrected chi connectivity index (χ1v) is 5.94. The lowest BCUT2D eigenvalue weighted by molar-refractivity contribution is -0.143. The van der Waals surface area contributed by atoms with Gasteiger partial charge in [-0.25, -0.2) is 0 Å². The number of fused-ring (bicyclic) bond motifs is 2. The number of hydrogen-bond acceptors (Lipinski definition) is 3. The molecule has 17 heavy (non-hydrogen) atoms. The van der Waals surface area contributed by atoms with Crippen molar-refractivity contribution < 1.29 is 14.6 Å². The van der Waals surface area contributed by atoms with Crippen LogP contribution in [0.3, 0.4) is 0 Å². The van der Waals surface area contributed by atoms with Crippen LogP contribution in [-0.4, -0.2) is 41.2 Å². The summed E-state index contributed by atoms with van der Waals surface area (Å²) in [6.45, 7) is 1.43. The third-order valence-corrected chi connectivity index (χ3v) is 3.55. The molecule has 2 saturated heterocycles. The number of phenols is 1.